The van der Waals surface area contributed by atoms with Crippen LogP contribution in [-0.4, -0.2) is 9.91 Å². The Morgan fingerprint density at radius 2 is 1.93 bits per heavy atom. The van der Waals surface area contributed by atoms with Crippen LogP contribution < -0.4 is 0 Å². The summed E-state index contributed by atoms with van der Waals surface area (Å²) in [6.07, 6.45) is 2.49. The Hall–Kier alpha value is -3.01. The second-order valence-corrected chi connectivity index (χ2v) is 7.19. The lowest BCUT2D eigenvalue weighted by Gasteiger charge is -2.00. The molecular formula is C20H14ClN3O2S. The Labute approximate surface area is 165 Å². The van der Waals surface area contributed by atoms with E-state index in [4.69, 9.17) is 11.6 Å². The summed E-state index contributed by atoms with van der Waals surface area (Å²) in [6, 6.07) is 15.7. The predicted molar refractivity (Wildman–Crippen MR) is 109 cm³/mol. The molecule has 1 heterocycles. The molecule has 0 saturated carbocycles. The van der Waals surface area contributed by atoms with Crippen molar-refractivity contribution in [3.8, 4) is 17.3 Å². The van der Waals surface area contributed by atoms with E-state index in [-0.39, 0.29) is 5.69 Å². The zero-order valence-electron chi connectivity index (χ0n) is 14.3. The van der Waals surface area contributed by atoms with Gasteiger partial charge in [-0.05, 0) is 42.3 Å². The molecule has 3 aromatic rings. The van der Waals surface area contributed by atoms with Crippen molar-refractivity contribution < 1.29 is 4.92 Å². The van der Waals surface area contributed by atoms with Crippen LogP contribution in [0.15, 0.2) is 48.5 Å². The van der Waals surface area contributed by atoms with E-state index < -0.39 is 4.92 Å². The van der Waals surface area contributed by atoms with Gasteiger partial charge in [-0.3, -0.25) is 10.1 Å². The molecule has 0 amide bonds. The third-order valence-corrected chi connectivity index (χ3v) is 5.39. The van der Waals surface area contributed by atoms with E-state index in [1.165, 1.54) is 23.5 Å². The fourth-order valence-corrected chi connectivity index (χ4v) is 3.66. The molecule has 0 bridgehead atoms. The van der Waals surface area contributed by atoms with Crippen LogP contribution in [0.1, 0.15) is 22.4 Å². The third-order valence-electron chi connectivity index (χ3n) is 3.90. The number of benzene rings is 2. The molecule has 0 fully saturated rings. The highest BCUT2D eigenvalue weighted by Gasteiger charge is 2.15. The highest BCUT2D eigenvalue weighted by molar-refractivity contribution is 7.13. The molecule has 0 aliphatic rings. The molecule has 0 radical (unpaired) electrons. The Bertz CT molecular complexity index is 1050. The Morgan fingerprint density at radius 3 is 2.48 bits per heavy atom. The Kier molecular flexibility index (Phi) is 5.65. The van der Waals surface area contributed by atoms with Gasteiger partial charge in [-0.2, -0.15) is 5.26 Å². The smallest absolute Gasteiger partial charge is 0.258 e. The first-order chi connectivity index (χ1) is 13.0. The summed E-state index contributed by atoms with van der Waals surface area (Å²) in [7, 11) is 0. The molecule has 134 valence electrons. The number of halogens is 1. The number of rotatable bonds is 5. The number of nitrogens with zero attached hydrogens (tertiary/aromatic N) is 3. The minimum atomic E-state index is -0.453. The molecule has 3 rings (SSSR count). The highest BCUT2D eigenvalue weighted by Crippen LogP contribution is 2.33. The van der Waals surface area contributed by atoms with Gasteiger partial charge in [-0.15, -0.1) is 11.3 Å². The van der Waals surface area contributed by atoms with Crippen LogP contribution in [0, 0.1) is 21.4 Å². The van der Waals surface area contributed by atoms with Crippen molar-refractivity contribution in [3.63, 3.8) is 0 Å². The molecule has 0 spiro atoms. The van der Waals surface area contributed by atoms with Gasteiger partial charge in [0.25, 0.3) is 5.69 Å². The number of hydrogen-bond acceptors (Lipinski definition) is 5. The molecular weight excluding hydrogens is 382 g/mol. The number of nitriles is 1. The van der Waals surface area contributed by atoms with E-state index in [9.17, 15) is 15.4 Å². The Morgan fingerprint density at radius 1 is 1.26 bits per heavy atom. The van der Waals surface area contributed by atoms with Crippen LogP contribution >= 0.6 is 22.9 Å². The highest BCUT2D eigenvalue weighted by atomic mass is 35.5. The fraction of sp³-hybridized carbons (Fsp3) is 0.100. The first kappa shape index (κ1) is 18.8. The maximum Gasteiger partial charge on any atom is 0.269 e. The number of non-ortho nitro benzene ring substituents is 1. The SMILES string of the molecule is CCc1sc(/C(C#N)=C/c2ccc([N+](=O)[O-])cc2)nc1-c1ccc(Cl)cc1. The van der Waals surface area contributed by atoms with E-state index in [0.29, 0.717) is 21.2 Å². The normalized spacial score (nSPS) is 11.2. The first-order valence-electron chi connectivity index (χ1n) is 8.14. The minimum Gasteiger partial charge on any atom is -0.258 e. The largest absolute Gasteiger partial charge is 0.269 e. The van der Waals surface area contributed by atoms with E-state index in [2.05, 4.69) is 11.1 Å². The summed E-state index contributed by atoms with van der Waals surface area (Å²) in [5, 5.41) is 21.6. The number of thiazole rings is 1. The summed E-state index contributed by atoms with van der Waals surface area (Å²) in [5.74, 6) is 0. The molecule has 0 aliphatic carbocycles. The molecule has 0 saturated heterocycles. The van der Waals surface area contributed by atoms with Crippen molar-refractivity contribution in [1.82, 2.24) is 4.98 Å². The zero-order chi connectivity index (χ0) is 19.4. The molecule has 0 atom stereocenters. The second-order valence-electron chi connectivity index (χ2n) is 5.67. The van der Waals surface area contributed by atoms with Crippen LogP contribution in [-0.2, 0) is 6.42 Å². The van der Waals surface area contributed by atoms with Crippen LogP contribution in [0.4, 0.5) is 5.69 Å². The number of aromatic nitrogens is 1. The van der Waals surface area contributed by atoms with Gasteiger partial charge in [0.05, 0.1) is 16.2 Å². The molecule has 1 aromatic heterocycles. The molecule has 2 aromatic carbocycles. The van der Waals surface area contributed by atoms with Crippen molar-refractivity contribution in [2.75, 3.05) is 0 Å². The maximum atomic E-state index is 10.8. The lowest BCUT2D eigenvalue weighted by atomic mass is 10.1. The summed E-state index contributed by atoms with van der Waals surface area (Å²) in [4.78, 5) is 16.1. The van der Waals surface area contributed by atoms with Crippen LogP contribution in [0.25, 0.3) is 22.9 Å². The standard InChI is InChI=1S/C20H14ClN3O2S/c1-2-18-19(14-5-7-16(21)8-6-14)23-20(27-18)15(12-22)11-13-3-9-17(10-4-13)24(25)26/h3-11H,2H2,1H3/b15-11+. The van der Waals surface area contributed by atoms with Gasteiger partial charge < -0.3 is 0 Å². The lowest BCUT2D eigenvalue weighted by Crippen LogP contribution is -1.87. The monoisotopic (exact) mass is 395 g/mol. The van der Waals surface area contributed by atoms with Crippen molar-refractivity contribution in [1.29, 1.82) is 5.26 Å². The van der Waals surface area contributed by atoms with Gasteiger partial charge in [-0.25, -0.2) is 4.98 Å². The summed E-state index contributed by atoms with van der Waals surface area (Å²) in [5.41, 5.74) is 2.94. The van der Waals surface area contributed by atoms with Crippen molar-refractivity contribution in [2.45, 2.75) is 13.3 Å². The van der Waals surface area contributed by atoms with Crippen LogP contribution in [0.3, 0.4) is 0 Å². The van der Waals surface area contributed by atoms with E-state index >= 15 is 0 Å². The lowest BCUT2D eigenvalue weighted by molar-refractivity contribution is -0.384. The molecule has 5 nitrogen and oxygen atoms in total. The van der Waals surface area contributed by atoms with Gasteiger partial charge in [0.15, 0.2) is 0 Å². The number of nitro groups is 1. The topological polar surface area (TPSA) is 79.8 Å². The average Bonchev–Trinajstić information content (AvgIpc) is 3.11. The first-order valence-corrected chi connectivity index (χ1v) is 9.33. The second kappa shape index (κ2) is 8.12. The van der Waals surface area contributed by atoms with Crippen molar-refractivity contribution in [2.24, 2.45) is 0 Å². The predicted octanol–water partition coefficient (Wildman–Crippen LogP) is 6.00. The zero-order valence-corrected chi connectivity index (χ0v) is 15.9. The van der Waals surface area contributed by atoms with Gasteiger partial charge in [-0.1, -0.05) is 30.7 Å². The molecule has 7 heteroatoms. The van der Waals surface area contributed by atoms with Gasteiger partial charge >= 0.3 is 0 Å². The van der Waals surface area contributed by atoms with Gasteiger partial charge in [0.1, 0.15) is 11.1 Å². The summed E-state index contributed by atoms with van der Waals surface area (Å²) < 4.78 is 0. The van der Waals surface area contributed by atoms with E-state index in [1.807, 2.05) is 31.2 Å². The van der Waals surface area contributed by atoms with Crippen molar-refractivity contribution in [3.05, 3.63) is 79.1 Å². The third kappa shape index (κ3) is 4.22. The summed E-state index contributed by atoms with van der Waals surface area (Å²) in [6.45, 7) is 2.04. The maximum absolute atomic E-state index is 10.8. The summed E-state index contributed by atoms with van der Waals surface area (Å²) >= 11 is 7.44. The minimum absolute atomic E-state index is 0.0122. The van der Waals surface area contributed by atoms with Gasteiger partial charge in [0, 0.05) is 27.6 Å². The van der Waals surface area contributed by atoms with Crippen molar-refractivity contribution >= 4 is 40.3 Å². The van der Waals surface area contributed by atoms with Gasteiger partial charge in [0.2, 0.25) is 0 Å². The van der Waals surface area contributed by atoms with E-state index in [1.54, 1.807) is 18.2 Å². The number of allylic oxidation sites excluding steroid dienone is 1. The Balaban J connectivity index is 1.99. The van der Waals surface area contributed by atoms with Crippen LogP contribution in [0.2, 0.25) is 5.02 Å². The number of hydrogen-bond donors (Lipinski definition) is 0. The molecule has 0 N–H and O–H groups in total. The number of nitro benzene ring substituents is 1. The quantitative estimate of drug-likeness (QED) is 0.301. The van der Waals surface area contributed by atoms with Crippen LogP contribution in [0.5, 0.6) is 0 Å². The average molecular weight is 396 g/mol. The molecule has 0 unspecified atom stereocenters. The molecule has 27 heavy (non-hydrogen) atoms. The molecule has 0 aliphatic heterocycles. The fourth-order valence-electron chi connectivity index (χ4n) is 2.54. The number of aryl methyl sites for hydroxylation is 1. The van der Waals surface area contributed by atoms with E-state index in [0.717, 1.165) is 22.6 Å².